The van der Waals surface area contributed by atoms with E-state index in [1.54, 1.807) is 0 Å². The highest BCUT2D eigenvalue weighted by Gasteiger charge is 2.47. The predicted molar refractivity (Wildman–Crippen MR) is 375 cm³/mol. The Bertz CT molecular complexity index is 5700. The normalized spacial score (nSPS) is 12.7. The summed E-state index contributed by atoms with van der Waals surface area (Å²) in [6.45, 7) is -0.267. The average Bonchev–Trinajstić information content (AvgIpc) is 0.999. The minimum atomic E-state index is -0.267. The molecule has 1 aromatic heterocycles. The zero-order valence-corrected chi connectivity index (χ0v) is 47.8. The van der Waals surface area contributed by atoms with Crippen LogP contribution in [0.25, 0.3) is 131 Å². The van der Waals surface area contributed by atoms with E-state index in [0.29, 0.717) is 0 Å². The molecule has 0 aliphatic carbocycles. The summed E-state index contributed by atoms with van der Waals surface area (Å²) in [4.78, 5) is 5.25. The summed E-state index contributed by atoms with van der Waals surface area (Å²) in [5.41, 5.74) is 21.1. The van der Waals surface area contributed by atoms with Gasteiger partial charge in [-0.25, -0.2) is 0 Å². The first-order chi connectivity index (χ1) is 43.7. The SMILES string of the molecule is c1ccc(-c2ccc(N3c4cc5c6ccccc6c6ccccc6c5cc4B4c5cc6c7ccccc7c7ccccc7c6cc5N(c5ccc(-c6ccccc6)cc5-c5ccccc5)c5c4c3cc3c5oc4ccccc43)c(-c3ccccc3)c2)cc1. The fourth-order valence-electron chi connectivity index (χ4n) is 15.3. The maximum atomic E-state index is 7.55. The van der Waals surface area contributed by atoms with Gasteiger partial charge in [-0.05, 0) is 163 Å². The van der Waals surface area contributed by atoms with E-state index in [2.05, 4.69) is 319 Å². The van der Waals surface area contributed by atoms with E-state index in [1.807, 2.05) is 0 Å². The molecule has 0 spiro atoms. The van der Waals surface area contributed by atoms with Crippen molar-refractivity contribution < 1.29 is 4.42 Å². The second kappa shape index (κ2) is 19.0. The molecule has 2 aliphatic heterocycles. The molecule has 0 unspecified atom stereocenters. The first kappa shape index (κ1) is 48.9. The quantitative estimate of drug-likeness (QED) is 0.122. The van der Waals surface area contributed by atoms with Crippen molar-refractivity contribution >= 4 is 144 Å². The molecule has 16 aromatic carbocycles. The molecular weight excluding hydrogens is 1060 g/mol. The van der Waals surface area contributed by atoms with E-state index in [9.17, 15) is 0 Å². The molecule has 3 nitrogen and oxygen atoms in total. The maximum Gasteiger partial charge on any atom is 0.252 e. The largest absolute Gasteiger partial charge is 0.454 e. The van der Waals surface area contributed by atoms with Gasteiger partial charge in [-0.15, -0.1) is 0 Å². The molecule has 0 saturated carbocycles. The van der Waals surface area contributed by atoms with Gasteiger partial charge in [0.25, 0.3) is 6.71 Å². The lowest BCUT2D eigenvalue weighted by Crippen LogP contribution is -2.61. The number of hydrogen-bond donors (Lipinski definition) is 0. The summed E-state index contributed by atoms with van der Waals surface area (Å²) in [6, 6.07) is 115. The van der Waals surface area contributed by atoms with Crippen LogP contribution in [0.4, 0.5) is 34.1 Å². The van der Waals surface area contributed by atoms with Gasteiger partial charge in [-0.2, -0.15) is 0 Å². The van der Waals surface area contributed by atoms with Crippen LogP contribution in [0.1, 0.15) is 0 Å². The molecule has 0 bridgehead atoms. The fraction of sp³-hybridized carbons (Fsp3) is 0. The van der Waals surface area contributed by atoms with Gasteiger partial charge < -0.3 is 14.2 Å². The third kappa shape index (κ3) is 7.15. The summed E-state index contributed by atoms with van der Waals surface area (Å²) in [5, 5.41) is 16.9. The zero-order valence-electron chi connectivity index (χ0n) is 47.8. The number of nitrogens with zero attached hydrogens (tertiary/aromatic N) is 2. The molecule has 4 heteroatoms. The molecule has 0 fully saturated rings. The summed E-state index contributed by atoms with van der Waals surface area (Å²) in [7, 11) is 0. The number of furan rings is 1. The van der Waals surface area contributed by atoms with E-state index in [-0.39, 0.29) is 6.71 Å². The Kier molecular flexibility index (Phi) is 10.6. The van der Waals surface area contributed by atoms with Crippen LogP contribution in [0.5, 0.6) is 0 Å². The lowest BCUT2D eigenvalue weighted by molar-refractivity contribution is 0.669. The summed E-state index contributed by atoms with van der Waals surface area (Å²) < 4.78 is 7.55. The molecule has 0 N–H and O–H groups in total. The van der Waals surface area contributed by atoms with Gasteiger partial charge in [0, 0.05) is 39.0 Å². The first-order valence-electron chi connectivity index (χ1n) is 30.5. The molecule has 17 aromatic rings. The van der Waals surface area contributed by atoms with Crippen molar-refractivity contribution in [3.05, 3.63) is 309 Å². The van der Waals surface area contributed by atoms with Crippen LogP contribution in [-0.2, 0) is 0 Å². The van der Waals surface area contributed by atoms with Crippen molar-refractivity contribution in [2.45, 2.75) is 0 Å². The number of anilines is 6. The summed E-state index contributed by atoms with van der Waals surface area (Å²) in [5.74, 6) is 0. The van der Waals surface area contributed by atoms with E-state index >= 15 is 0 Å². The fourth-order valence-corrected chi connectivity index (χ4v) is 15.3. The highest BCUT2D eigenvalue weighted by Crippen LogP contribution is 2.54. The molecule has 406 valence electrons. The van der Waals surface area contributed by atoms with Crippen LogP contribution in [0, 0.1) is 0 Å². The summed E-state index contributed by atoms with van der Waals surface area (Å²) >= 11 is 0. The van der Waals surface area contributed by atoms with Gasteiger partial charge >= 0.3 is 0 Å². The molecule has 19 rings (SSSR count). The van der Waals surface area contributed by atoms with Crippen LogP contribution >= 0.6 is 0 Å². The minimum absolute atomic E-state index is 0.267. The monoisotopic (exact) mass is 1110 g/mol. The van der Waals surface area contributed by atoms with Gasteiger partial charge in [0.1, 0.15) is 5.58 Å². The highest BCUT2D eigenvalue weighted by atomic mass is 16.3. The van der Waals surface area contributed by atoms with Crippen LogP contribution in [0.2, 0.25) is 0 Å². The Hall–Kier alpha value is -11.5. The highest BCUT2D eigenvalue weighted by molar-refractivity contribution is 7.01. The number of rotatable bonds is 6. The van der Waals surface area contributed by atoms with Gasteiger partial charge in [-0.1, -0.05) is 261 Å². The van der Waals surface area contributed by atoms with Crippen LogP contribution in [-0.4, -0.2) is 6.71 Å². The molecule has 3 heterocycles. The maximum absolute atomic E-state index is 7.55. The number of hydrogen-bond acceptors (Lipinski definition) is 3. The van der Waals surface area contributed by atoms with E-state index in [4.69, 9.17) is 4.42 Å². The summed E-state index contributed by atoms with van der Waals surface area (Å²) in [6.07, 6.45) is 0. The van der Waals surface area contributed by atoms with E-state index in [0.717, 1.165) is 89.4 Å². The standard InChI is InChI=1S/C84H51BN2O/c1-5-23-52(24-6-1)56-41-43-76(67(45-56)54-27-9-3-10-28-54)86-78-49-71-64-37-19-15-33-60(64)58-31-13-17-35-62(58)69(71)47-74(78)85-75-48-70-63-36-18-14-32-59(63)61-34-16-20-38-65(61)72(70)50-79(75)87(83-82(85)80(86)51-73-66-39-21-22-40-81(66)88-84(73)83)77-44-42-57(53-25-7-2-8-26-53)46-68(77)55-29-11-4-12-30-55/h1-51H. The molecule has 0 atom stereocenters. The molecule has 0 saturated heterocycles. The second-order valence-electron chi connectivity index (χ2n) is 23.8. The van der Waals surface area contributed by atoms with E-state index in [1.165, 1.54) is 92.2 Å². The number of fused-ring (bicyclic) bond motifs is 20. The van der Waals surface area contributed by atoms with Crippen molar-refractivity contribution in [2.75, 3.05) is 9.80 Å². The lowest BCUT2D eigenvalue weighted by atomic mass is 9.33. The molecule has 0 radical (unpaired) electrons. The van der Waals surface area contributed by atoms with Crippen molar-refractivity contribution in [1.82, 2.24) is 0 Å². The van der Waals surface area contributed by atoms with Crippen molar-refractivity contribution in [3.63, 3.8) is 0 Å². The Morgan fingerprint density at radius 1 is 0.227 bits per heavy atom. The van der Waals surface area contributed by atoms with Crippen molar-refractivity contribution in [1.29, 1.82) is 0 Å². The van der Waals surface area contributed by atoms with Crippen molar-refractivity contribution in [3.8, 4) is 44.5 Å². The predicted octanol–water partition coefficient (Wildman–Crippen LogP) is 21.3. The van der Waals surface area contributed by atoms with Crippen molar-refractivity contribution in [2.24, 2.45) is 0 Å². The molecule has 0 amide bonds. The van der Waals surface area contributed by atoms with Gasteiger partial charge in [0.2, 0.25) is 0 Å². The smallest absolute Gasteiger partial charge is 0.252 e. The third-order valence-electron chi connectivity index (χ3n) is 19.2. The van der Waals surface area contributed by atoms with Crippen LogP contribution in [0.3, 0.4) is 0 Å². The zero-order chi connectivity index (χ0) is 57.6. The van der Waals surface area contributed by atoms with Gasteiger partial charge in [0.15, 0.2) is 5.58 Å². The lowest BCUT2D eigenvalue weighted by Gasteiger charge is -2.45. The van der Waals surface area contributed by atoms with E-state index < -0.39 is 0 Å². The van der Waals surface area contributed by atoms with Crippen LogP contribution in [0.15, 0.2) is 314 Å². The molecule has 88 heavy (non-hydrogen) atoms. The number of benzene rings is 16. The average molecular weight is 1120 g/mol. The Morgan fingerprint density at radius 3 is 1.01 bits per heavy atom. The first-order valence-corrected chi connectivity index (χ1v) is 30.5. The van der Waals surface area contributed by atoms with Crippen LogP contribution < -0.4 is 26.2 Å². The second-order valence-corrected chi connectivity index (χ2v) is 23.8. The Balaban J connectivity index is 1.03. The Labute approximate surface area is 508 Å². The number of para-hydroxylation sites is 1. The third-order valence-corrected chi connectivity index (χ3v) is 19.2. The van der Waals surface area contributed by atoms with Gasteiger partial charge in [0.05, 0.1) is 17.1 Å². The molecular formula is C84H51BN2O. The Morgan fingerprint density at radius 2 is 0.568 bits per heavy atom. The van der Waals surface area contributed by atoms with Gasteiger partial charge in [-0.3, -0.25) is 0 Å². The topological polar surface area (TPSA) is 19.6 Å². The molecule has 2 aliphatic rings. The minimum Gasteiger partial charge on any atom is -0.454 e.